The summed E-state index contributed by atoms with van der Waals surface area (Å²) in [5, 5.41) is 0. The van der Waals surface area contributed by atoms with E-state index in [1.165, 1.54) is 18.2 Å². The Labute approximate surface area is 78.3 Å². The van der Waals surface area contributed by atoms with E-state index in [0.717, 1.165) is 6.08 Å². The fourth-order valence-electron chi connectivity index (χ4n) is 3.01. The maximum atomic E-state index is 13.4. The predicted molar refractivity (Wildman–Crippen MR) is 42.1 cm³/mol. The van der Waals surface area contributed by atoms with Crippen molar-refractivity contribution in [3.63, 3.8) is 0 Å². The van der Waals surface area contributed by atoms with E-state index in [1.54, 1.807) is 0 Å². The van der Waals surface area contributed by atoms with Gasteiger partial charge in [0.25, 0.3) is 11.8 Å². The average Bonchev–Trinajstić information content (AvgIpc) is 2.61. The van der Waals surface area contributed by atoms with Crippen molar-refractivity contribution in [3.05, 3.63) is 24.3 Å². The molecule has 3 aliphatic carbocycles. The summed E-state index contributed by atoms with van der Waals surface area (Å²) in [6.07, 6.45) is 4.68. The van der Waals surface area contributed by atoms with Crippen LogP contribution in [0.3, 0.4) is 0 Å². The van der Waals surface area contributed by atoms with E-state index in [4.69, 9.17) is 0 Å². The largest absolute Gasteiger partial charge is 0.270 e. The molecule has 0 aliphatic heterocycles. The van der Waals surface area contributed by atoms with Gasteiger partial charge < -0.3 is 0 Å². The smallest absolute Gasteiger partial charge is 0.205 e. The summed E-state index contributed by atoms with van der Waals surface area (Å²) in [6, 6.07) is 0. The normalized spacial score (nSPS) is 50.0. The Morgan fingerprint density at radius 2 is 1.50 bits per heavy atom. The summed E-state index contributed by atoms with van der Waals surface area (Å²) in [4.78, 5) is 0. The lowest BCUT2D eigenvalue weighted by Gasteiger charge is -2.24. The number of allylic oxidation sites excluding steroid dienone is 4. The molecular weight excluding hydrogens is 196 g/mol. The molecule has 14 heavy (non-hydrogen) atoms. The van der Waals surface area contributed by atoms with Crippen LogP contribution in [0.4, 0.5) is 17.6 Å². The molecule has 0 radical (unpaired) electrons. The molecule has 0 aromatic carbocycles. The number of alkyl halides is 4. The van der Waals surface area contributed by atoms with Crippen LogP contribution in [0.5, 0.6) is 0 Å². The van der Waals surface area contributed by atoms with Gasteiger partial charge >= 0.3 is 0 Å². The summed E-state index contributed by atoms with van der Waals surface area (Å²) in [7, 11) is 0. The van der Waals surface area contributed by atoms with Gasteiger partial charge in [-0.3, -0.25) is 0 Å². The number of fused-ring (bicyclic) bond motifs is 5. The maximum Gasteiger partial charge on any atom is 0.270 e. The molecule has 0 N–H and O–H groups in total. The highest BCUT2D eigenvalue weighted by atomic mass is 19.3. The van der Waals surface area contributed by atoms with Crippen molar-refractivity contribution in [2.24, 2.45) is 23.7 Å². The van der Waals surface area contributed by atoms with Gasteiger partial charge in [-0.25, -0.2) is 17.6 Å². The molecule has 0 saturated heterocycles. The molecule has 4 heteroatoms. The highest BCUT2D eigenvalue weighted by Crippen LogP contribution is 2.64. The van der Waals surface area contributed by atoms with Crippen molar-refractivity contribution in [1.82, 2.24) is 0 Å². The third-order valence-electron chi connectivity index (χ3n) is 3.62. The van der Waals surface area contributed by atoms with E-state index in [0.29, 0.717) is 0 Å². The van der Waals surface area contributed by atoms with Crippen molar-refractivity contribution in [2.45, 2.75) is 11.8 Å². The van der Waals surface area contributed by atoms with Crippen LogP contribution < -0.4 is 0 Å². The number of hydrogen-bond donors (Lipinski definition) is 0. The zero-order valence-electron chi connectivity index (χ0n) is 7.13. The van der Waals surface area contributed by atoms with Gasteiger partial charge in [0.1, 0.15) is 0 Å². The van der Waals surface area contributed by atoms with Crippen LogP contribution in [-0.4, -0.2) is 11.8 Å². The summed E-state index contributed by atoms with van der Waals surface area (Å²) >= 11 is 0. The lowest BCUT2D eigenvalue weighted by atomic mass is 9.84. The Balaban J connectivity index is 2.09. The Morgan fingerprint density at radius 1 is 0.857 bits per heavy atom. The Kier molecular flexibility index (Phi) is 1.26. The first-order valence-corrected chi connectivity index (χ1v) is 4.58. The van der Waals surface area contributed by atoms with E-state index in [1.807, 2.05) is 0 Å². The van der Waals surface area contributed by atoms with Gasteiger partial charge in [0.2, 0.25) is 0 Å². The van der Waals surface area contributed by atoms with E-state index in [-0.39, 0.29) is 0 Å². The predicted octanol–water partition coefficient (Wildman–Crippen LogP) is 2.88. The van der Waals surface area contributed by atoms with Gasteiger partial charge in [0, 0.05) is 11.8 Å². The minimum atomic E-state index is -3.06. The van der Waals surface area contributed by atoms with Crippen LogP contribution in [0.15, 0.2) is 24.3 Å². The fourth-order valence-corrected chi connectivity index (χ4v) is 3.01. The van der Waals surface area contributed by atoms with E-state index >= 15 is 0 Å². The molecule has 2 bridgehead atoms. The quantitative estimate of drug-likeness (QED) is 0.420. The van der Waals surface area contributed by atoms with Crippen LogP contribution in [0.2, 0.25) is 0 Å². The second-order valence-electron chi connectivity index (χ2n) is 4.25. The zero-order valence-corrected chi connectivity index (χ0v) is 7.13. The van der Waals surface area contributed by atoms with Crippen molar-refractivity contribution in [3.8, 4) is 0 Å². The standard InChI is InChI=1S/C10H8F4/c11-9(12)4-3-5-6-1-2-7(8(5)9)10(6,13)14/h1-8H/t5-,6+,7-,8-/m0/s1. The summed E-state index contributed by atoms with van der Waals surface area (Å²) < 4.78 is 53.4. The first-order chi connectivity index (χ1) is 6.44. The van der Waals surface area contributed by atoms with Crippen LogP contribution in [-0.2, 0) is 0 Å². The van der Waals surface area contributed by atoms with Crippen molar-refractivity contribution < 1.29 is 17.6 Å². The lowest BCUT2D eigenvalue weighted by molar-refractivity contribution is -0.0731. The van der Waals surface area contributed by atoms with Crippen LogP contribution >= 0.6 is 0 Å². The third-order valence-corrected chi connectivity index (χ3v) is 3.62. The van der Waals surface area contributed by atoms with Crippen molar-refractivity contribution >= 4 is 0 Å². The number of rotatable bonds is 0. The molecule has 76 valence electrons. The molecule has 0 nitrogen and oxygen atoms in total. The molecule has 0 spiro atoms. The highest BCUT2D eigenvalue weighted by Gasteiger charge is 2.70. The molecule has 0 aromatic heterocycles. The first kappa shape index (κ1) is 8.50. The Hall–Kier alpha value is -0.800. The van der Waals surface area contributed by atoms with Crippen molar-refractivity contribution in [1.29, 1.82) is 0 Å². The van der Waals surface area contributed by atoms with Crippen LogP contribution in [0.25, 0.3) is 0 Å². The minimum Gasteiger partial charge on any atom is -0.205 e. The molecule has 3 rings (SSSR count). The van der Waals surface area contributed by atoms with Crippen molar-refractivity contribution in [2.75, 3.05) is 0 Å². The first-order valence-electron chi connectivity index (χ1n) is 4.58. The van der Waals surface area contributed by atoms with Gasteiger partial charge in [-0.05, 0) is 12.0 Å². The topological polar surface area (TPSA) is 0 Å². The highest BCUT2D eigenvalue weighted by molar-refractivity contribution is 5.32. The molecule has 1 fully saturated rings. The molecule has 4 atom stereocenters. The molecule has 1 saturated carbocycles. The minimum absolute atomic E-state index is 0.671. The third kappa shape index (κ3) is 0.721. The molecule has 3 aliphatic rings. The summed E-state index contributed by atoms with van der Waals surface area (Å²) in [5.41, 5.74) is 0. The summed E-state index contributed by atoms with van der Waals surface area (Å²) in [5.74, 6) is -10.2. The second kappa shape index (κ2) is 2.07. The zero-order chi connectivity index (χ0) is 10.1. The second-order valence-corrected chi connectivity index (χ2v) is 4.25. The SMILES string of the molecule is FC1(F)C=C[C@@H]2[C@H]1[C@@H]1C=C[C@H]2C1(F)F. The lowest BCUT2D eigenvalue weighted by Crippen LogP contribution is -2.32. The Morgan fingerprint density at radius 3 is 2.14 bits per heavy atom. The van der Waals surface area contributed by atoms with Gasteiger partial charge in [0.15, 0.2) is 0 Å². The van der Waals surface area contributed by atoms with Crippen LogP contribution in [0.1, 0.15) is 0 Å². The molecule has 0 aromatic rings. The number of halogens is 4. The monoisotopic (exact) mass is 204 g/mol. The summed E-state index contributed by atoms with van der Waals surface area (Å²) in [6.45, 7) is 0. The number of hydrogen-bond acceptors (Lipinski definition) is 0. The maximum absolute atomic E-state index is 13.4. The van der Waals surface area contributed by atoms with E-state index in [2.05, 4.69) is 0 Å². The van der Waals surface area contributed by atoms with E-state index < -0.39 is 35.5 Å². The van der Waals surface area contributed by atoms with Gasteiger partial charge in [-0.15, -0.1) is 0 Å². The van der Waals surface area contributed by atoms with Gasteiger partial charge in [-0.2, -0.15) is 0 Å². The van der Waals surface area contributed by atoms with Crippen LogP contribution in [0, 0.1) is 23.7 Å². The molecular formula is C10H8F4. The van der Waals surface area contributed by atoms with Gasteiger partial charge in [-0.1, -0.05) is 18.2 Å². The average molecular weight is 204 g/mol. The molecule has 0 amide bonds. The molecule has 0 unspecified atom stereocenters. The molecule has 0 heterocycles. The van der Waals surface area contributed by atoms with Gasteiger partial charge in [0.05, 0.1) is 5.92 Å². The Bertz CT molecular complexity index is 342. The fraction of sp³-hybridized carbons (Fsp3) is 0.600. The van der Waals surface area contributed by atoms with E-state index in [9.17, 15) is 17.6 Å².